The summed E-state index contributed by atoms with van der Waals surface area (Å²) in [6, 6.07) is 11.2. The number of alkyl halides is 3. The van der Waals surface area contributed by atoms with Gasteiger partial charge in [0, 0.05) is 31.1 Å². The summed E-state index contributed by atoms with van der Waals surface area (Å²) in [5.41, 5.74) is 0.364. The lowest BCUT2D eigenvalue weighted by Crippen LogP contribution is -2.40. The number of carbonyl (C=O) groups is 3. The van der Waals surface area contributed by atoms with Crippen LogP contribution in [0, 0.1) is 11.3 Å². The Balaban J connectivity index is 1.28. The Labute approximate surface area is 195 Å². The van der Waals surface area contributed by atoms with Crippen LogP contribution in [-0.2, 0) is 22.3 Å². The van der Waals surface area contributed by atoms with E-state index in [1.54, 1.807) is 35.2 Å². The van der Waals surface area contributed by atoms with Crippen molar-refractivity contribution in [1.29, 1.82) is 0 Å². The first-order valence-electron chi connectivity index (χ1n) is 11.0. The Bertz CT molecular complexity index is 1090. The van der Waals surface area contributed by atoms with E-state index in [-0.39, 0.29) is 29.7 Å². The molecule has 1 saturated heterocycles. The van der Waals surface area contributed by atoms with Crippen LogP contribution >= 0.6 is 0 Å². The molecule has 1 aliphatic carbocycles. The fourth-order valence-corrected chi connectivity index (χ4v) is 4.65. The third-order valence-electron chi connectivity index (χ3n) is 6.83. The zero-order valence-electron chi connectivity index (χ0n) is 18.7. The normalized spacial score (nSPS) is 18.9. The van der Waals surface area contributed by atoms with Crippen molar-refractivity contribution in [1.82, 2.24) is 10.2 Å². The summed E-state index contributed by atoms with van der Waals surface area (Å²) in [6.45, 7) is 1.09. The van der Waals surface area contributed by atoms with Crippen LogP contribution in [0.1, 0.15) is 51.1 Å². The molecule has 2 aromatic carbocycles. The average molecular weight is 474 g/mol. The van der Waals surface area contributed by atoms with Crippen LogP contribution in [0.5, 0.6) is 0 Å². The Morgan fingerprint density at radius 2 is 1.71 bits per heavy atom. The van der Waals surface area contributed by atoms with E-state index < -0.39 is 17.7 Å². The van der Waals surface area contributed by atoms with Gasteiger partial charge in [0.05, 0.1) is 18.2 Å². The Hall–Kier alpha value is -3.36. The molecule has 6 nitrogen and oxygen atoms in total. The lowest BCUT2D eigenvalue weighted by atomic mass is 9.90. The first-order chi connectivity index (χ1) is 16.1. The van der Waals surface area contributed by atoms with Gasteiger partial charge in [0.25, 0.3) is 5.91 Å². The lowest BCUT2D eigenvalue weighted by molar-refractivity contribution is -0.137. The Morgan fingerprint density at radius 1 is 1.06 bits per heavy atom. The number of carbonyl (C=O) groups excluding carboxylic acids is 3. The number of rotatable bonds is 5. The van der Waals surface area contributed by atoms with Crippen molar-refractivity contribution in [2.75, 3.05) is 20.2 Å². The molecule has 2 amide bonds. The van der Waals surface area contributed by atoms with Gasteiger partial charge in [0.2, 0.25) is 5.91 Å². The van der Waals surface area contributed by atoms with E-state index >= 15 is 0 Å². The van der Waals surface area contributed by atoms with E-state index in [1.807, 2.05) is 0 Å². The van der Waals surface area contributed by atoms with E-state index in [9.17, 15) is 27.6 Å². The fraction of sp³-hybridized carbons (Fsp3) is 0.400. The van der Waals surface area contributed by atoms with Gasteiger partial charge < -0.3 is 15.0 Å². The van der Waals surface area contributed by atoms with Crippen LogP contribution in [0.2, 0.25) is 0 Å². The molecule has 1 N–H and O–H groups in total. The molecule has 2 aromatic rings. The highest BCUT2D eigenvalue weighted by Gasteiger charge is 2.58. The van der Waals surface area contributed by atoms with Crippen LogP contribution in [0.15, 0.2) is 48.5 Å². The molecule has 4 rings (SSSR count). The fourth-order valence-electron chi connectivity index (χ4n) is 4.65. The van der Waals surface area contributed by atoms with Crippen LogP contribution < -0.4 is 5.32 Å². The highest BCUT2D eigenvalue weighted by atomic mass is 19.4. The standard InChI is InChI=1S/C25H25F3N2O4/c1-34-23(33)18-7-5-17(6-8-18)22(32)30-11-9-24(10-12-30)14-20(24)21(31)29-15-16-3-2-4-19(13-16)25(26,27)28/h2-8,13,20H,9-12,14-15H2,1H3,(H,29,31). The maximum Gasteiger partial charge on any atom is 0.416 e. The van der Waals surface area contributed by atoms with Crippen LogP contribution in [0.4, 0.5) is 13.2 Å². The van der Waals surface area contributed by atoms with Gasteiger partial charge in [-0.25, -0.2) is 4.79 Å². The summed E-state index contributed by atoms with van der Waals surface area (Å²) in [5, 5.41) is 2.77. The number of hydrogen-bond acceptors (Lipinski definition) is 4. The number of likely N-dealkylation sites (tertiary alicyclic amines) is 1. The van der Waals surface area contributed by atoms with Crippen molar-refractivity contribution in [3.63, 3.8) is 0 Å². The van der Waals surface area contributed by atoms with Gasteiger partial charge in [-0.15, -0.1) is 0 Å². The Morgan fingerprint density at radius 3 is 2.32 bits per heavy atom. The van der Waals surface area contributed by atoms with Gasteiger partial charge in [0.15, 0.2) is 0 Å². The van der Waals surface area contributed by atoms with E-state index in [4.69, 9.17) is 0 Å². The second kappa shape index (κ2) is 9.12. The number of amides is 2. The Kier molecular flexibility index (Phi) is 6.38. The number of nitrogens with one attached hydrogen (secondary N) is 1. The number of esters is 1. The molecular weight excluding hydrogens is 449 g/mol. The molecule has 2 aliphatic rings. The number of nitrogens with zero attached hydrogens (tertiary/aromatic N) is 1. The zero-order valence-corrected chi connectivity index (χ0v) is 18.7. The van der Waals surface area contributed by atoms with Crippen molar-refractivity contribution in [3.8, 4) is 0 Å². The van der Waals surface area contributed by atoms with Gasteiger partial charge in [-0.3, -0.25) is 9.59 Å². The van der Waals surface area contributed by atoms with Gasteiger partial charge in [-0.05, 0) is 66.6 Å². The van der Waals surface area contributed by atoms with E-state index in [0.717, 1.165) is 18.6 Å². The highest BCUT2D eigenvalue weighted by molar-refractivity contribution is 5.96. The predicted molar refractivity (Wildman–Crippen MR) is 117 cm³/mol. The molecule has 0 radical (unpaired) electrons. The molecule has 1 heterocycles. The number of benzene rings is 2. The quantitative estimate of drug-likeness (QED) is 0.664. The number of piperidine rings is 1. The van der Waals surface area contributed by atoms with Crippen molar-refractivity contribution in [2.24, 2.45) is 11.3 Å². The summed E-state index contributed by atoms with van der Waals surface area (Å²) in [5.74, 6) is -0.937. The van der Waals surface area contributed by atoms with E-state index in [0.29, 0.717) is 42.6 Å². The number of hydrogen-bond donors (Lipinski definition) is 1. The van der Waals surface area contributed by atoms with Crippen molar-refractivity contribution < 1.29 is 32.3 Å². The van der Waals surface area contributed by atoms with E-state index in [1.165, 1.54) is 13.2 Å². The number of halogens is 3. The maximum atomic E-state index is 12.9. The minimum atomic E-state index is -4.42. The minimum Gasteiger partial charge on any atom is -0.465 e. The smallest absolute Gasteiger partial charge is 0.416 e. The van der Waals surface area contributed by atoms with Crippen molar-refractivity contribution >= 4 is 17.8 Å². The molecule has 0 aromatic heterocycles. The first kappa shape index (κ1) is 23.8. The predicted octanol–water partition coefficient (Wildman–Crippen LogP) is 4.05. The van der Waals surface area contributed by atoms with Crippen LogP contribution in [0.3, 0.4) is 0 Å². The van der Waals surface area contributed by atoms with Crippen molar-refractivity contribution in [2.45, 2.75) is 32.0 Å². The average Bonchev–Trinajstić information content (AvgIpc) is 3.55. The van der Waals surface area contributed by atoms with Gasteiger partial charge in [-0.1, -0.05) is 12.1 Å². The lowest BCUT2D eigenvalue weighted by Gasteiger charge is -2.33. The van der Waals surface area contributed by atoms with Crippen molar-refractivity contribution in [3.05, 3.63) is 70.8 Å². The second-order valence-electron chi connectivity index (χ2n) is 8.90. The largest absolute Gasteiger partial charge is 0.465 e. The molecule has 1 spiro atoms. The summed E-state index contributed by atoms with van der Waals surface area (Å²) in [6.07, 6.45) is -2.31. The summed E-state index contributed by atoms with van der Waals surface area (Å²) < 4.78 is 43.3. The van der Waals surface area contributed by atoms with Gasteiger partial charge in [-0.2, -0.15) is 13.2 Å². The molecule has 1 saturated carbocycles. The summed E-state index contributed by atoms with van der Waals surface area (Å²) >= 11 is 0. The van der Waals surface area contributed by atoms with Gasteiger partial charge >= 0.3 is 12.1 Å². The monoisotopic (exact) mass is 474 g/mol. The molecule has 1 aliphatic heterocycles. The minimum absolute atomic E-state index is 0.0432. The molecular formula is C25H25F3N2O4. The highest BCUT2D eigenvalue weighted by Crippen LogP contribution is 2.59. The molecule has 2 fully saturated rings. The summed E-state index contributed by atoms with van der Waals surface area (Å²) in [4.78, 5) is 38.7. The molecule has 1 unspecified atom stereocenters. The molecule has 1 atom stereocenters. The molecule has 9 heteroatoms. The molecule has 0 bridgehead atoms. The SMILES string of the molecule is COC(=O)c1ccc(C(=O)N2CCC3(CC2)CC3C(=O)NCc2cccc(C(F)(F)F)c2)cc1. The third kappa shape index (κ3) is 4.93. The van der Waals surface area contributed by atoms with Crippen LogP contribution in [-0.4, -0.2) is 42.9 Å². The molecule has 180 valence electrons. The third-order valence-corrected chi connectivity index (χ3v) is 6.83. The van der Waals surface area contributed by atoms with Crippen LogP contribution in [0.25, 0.3) is 0 Å². The summed E-state index contributed by atoms with van der Waals surface area (Å²) in [7, 11) is 1.29. The first-order valence-corrected chi connectivity index (χ1v) is 11.0. The van der Waals surface area contributed by atoms with E-state index in [2.05, 4.69) is 10.1 Å². The number of ether oxygens (including phenoxy) is 1. The molecule has 34 heavy (non-hydrogen) atoms. The maximum absolute atomic E-state index is 12.9. The zero-order chi connectivity index (χ0) is 24.5. The topological polar surface area (TPSA) is 75.7 Å². The van der Waals surface area contributed by atoms with Gasteiger partial charge in [0.1, 0.15) is 0 Å². The number of methoxy groups -OCH3 is 1. The second-order valence-corrected chi connectivity index (χ2v) is 8.90.